The Hall–Kier alpha value is -1.49. The molecule has 0 spiro atoms. The van der Waals surface area contributed by atoms with Crippen molar-refractivity contribution in [2.75, 3.05) is 5.73 Å². The summed E-state index contributed by atoms with van der Waals surface area (Å²) in [5, 5.41) is 4.87. The molecule has 0 aliphatic heterocycles. The van der Waals surface area contributed by atoms with Gasteiger partial charge < -0.3 is 26.1 Å². The van der Waals surface area contributed by atoms with Gasteiger partial charge in [0.15, 0.2) is 0 Å². The van der Waals surface area contributed by atoms with Crippen molar-refractivity contribution in [2.24, 2.45) is 10.9 Å². The Kier molecular flexibility index (Phi) is 5.62. The molecule has 1 aromatic carbocycles. The van der Waals surface area contributed by atoms with Crippen LogP contribution in [0.5, 0.6) is 0 Å². The molecule has 1 amide bonds. The normalized spacial score (nSPS) is 11.4. The average Bonchev–Trinajstić information content (AvgIpc) is 2.13. The van der Waals surface area contributed by atoms with Gasteiger partial charge >= 0.3 is 7.82 Å². The zero-order chi connectivity index (χ0) is 15.4. The molecule has 0 aliphatic rings. The van der Waals surface area contributed by atoms with Crippen LogP contribution in [0.3, 0.4) is 0 Å². The highest BCUT2D eigenvalue weighted by atomic mass is 32.2. The van der Waals surface area contributed by atoms with E-state index in [1.54, 1.807) is 0 Å². The fourth-order valence-electron chi connectivity index (χ4n) is 0.934. The number of primary amides is 1. The molecular formula is C7H12N3O7PS. The van der Waals surface area contributed by atoms with E-state index >= 15 is 0 Å². The molecule has 1 rings (SSSR count). The van der Waals surface area contributed by atoms with Crippen molar-refractivity contribution in [3.63, 3.8) is 0 Å². The van der Waals surface area contributed by atoms with E-state index < -0.39 is 23.8 Å². The number of carbonyl (C=O) groups excluding carboxylic acids is 1. The summed E-state index contributed by atoms with van der Waals surface area (Å²) in [7, 11) is -8.56. The lowest BCUT2D eigenvalue weighted by molar-refractivity contribution is 0.1000. The standard InChI is InChI=1S/C7H9N3O3S.H3O4P/c8-5-2-1-4(7(9)11)3-6(5)14(10,12)13;1-5(2,3)4/h1-3H,8H2,(H2,9,11)(H2,10,12,13);(H3,1,2,3,4). The first kappa shape index (κ1) is 17.5. The lowest BCUT2D eigenvalue weighted by Gasteiger charge is -2.04. The highest BCUT2D eigenvalue weighted by Gasteiger charge is 2.14. The lowest BCUT2D eigenvalue weighted by Crippen LogP contribution is -2.17. The van der Waals surface area contributed by atoms with Crippen molar-refractivity contribution >= 4 is 29.4 Å². The van der Waals surface area contributed by atoms with E-state index in [4.69, 9.17) is 35.9 Å². The van der Waals surface area contributed by atoms with Crippen molar-refractivity contribution in [1.82, 2.24) is 0 Å². The van der Waals surface area contributed by atoms with Crippen molar-refractivity contribution < 1.29 is 32.5 Å². The molecule has 9 N–H and O–H groups in total. The Morgan fingerprint density at radius 2 is 1.63 bits per heavy atom. The number of hydrogen-bond acceptors (Lipinski definition) is 5. The predicted octanol–water partition coefficient (Wildman–Crippen LogP) is -1.91. The van der Waals surface area contributed by atoms with Crippen molar-refractivity contribution in [1.29, 1.82) is 0 Å². The number of nitrogen functional groups attached to an aromatic ring is 1. The van der Waals surface area contributed by atoms with E-state index in [2.05, 4.69) is 0 Å². The van der Waals surface area contributed by atoms with Crippen molar-refractivity contribution in [3.05, 3.63) is 23.8 Å². The summed E-state index contributed by atoms with van der Waals surface area (Å²) < 4.78 is 30.8. The van der Waals surface area contributed by atoms with Gasteiger partial charge in [0.1, 0.15) is 4.90 Å². The summed E-state index contributed by atoms with van der Waals surface area (Å²) in [5.41, 5.74) is 10.4. The molecule has 0 heterocycles. The molecule has 0 saturated heterocycles. The van der Waals surface area contributed by atoms with Gasteiger partial charge in [0, 0.05) is 5.56 Å². The largest absolute Gasteiger partial charge is 0.466 e. The van der Waals surface area contributed by atoms with Crippen LogP contribution in [0.15, 0.2) is 23.1 Å². The summed E-state index contributed by atoms with van der Waals surface area (Å²) in [5.74, 6) is -0.741. The summed E-state index contributed by atoms with van der Waals surface area (Å²) in [4.78, 5) is 32.0. The third-order valence-corrected chi connectivity index (χ3v) is 2.57. The third kappa shape index (κ3) is 7.51. The number of hydrogen-bond donors (Lipinski definition) is 6. The Bertz CT molecular complexity index is 615. The van der Waals surface area contributed by atoms with Crippen LogP contribution in [0.4, 0.5) is 5.69 Å². The molecule has 0 fully saturated rings. The van der Waals surface area contributed by atoms with E-state index in [1.807, 2.05) is 0 Å². The Labute approximate surface area is 108 Å². The second-order valence-electron chi connectivity index (χ2n) is 3.18. The van der Waals surface area contributed by atoms with Crippen LogP contribution < -0.4 is 16.6 Å². The fourth-order valence-corrected chi connectivity index (χ4v) is 1.62. The van der Waals surface area contributed by atoms with Crippen LogP contribution in [-0.4, -0.2) is 29.0 Å². The van der Waals surface area contributed by atoms with Gasteiger partial charge in [0.25, 0.3) is 0 Å². The van der Waals surface area contributed by atoms with Crippen molar-refractivity contribution in [2.45, 2.75) is 4.90 Å². The summed E-state index contributed by atoms with van der Waals surface area (Å²) in [6.45, 7) is 0. The van der Waals surface area contributed by atoms with Crippen LogP contribution in [-0.2, 0) is 14.6 Å². The Balaban J connectivity index is 0.000000555. The van der Waals surface area contributed by atoms with E-state index in [0.717, 1.165) is 6.07 Å². The topological polar surface area (TPSA) is 207 Å². The predicted molar refractivity (Wildman–Crippen MR) is 65.0 cm³/mol. The zero-order valence-electron chi connectivity index (χ0n) is 9.29. The van der Waals surface area contributed by atoms with Gasteiger partial charge in [-0.3, -0.25) is 4.79 Å². The van der Waals surface area contributed by atoms with Crippen LogP contribution in [0.1, 0.15) is 10.4 Å². The number of phosphoric acid groups is 1. The minimum absolute atomic E-state index is 0.0162. The third-order valence-electron chi connectivity index (χ3n) is 1.60. The van der Waals surface area contributed by atoms with Gasteiger partial charge in [0.2, 0.25) is 15.9 Å². The molecule has 19 heavy (non-hydrogen) atoms. The molecule has 12 heteroatoms. The van der Waals surface area contributed by atoms with Gasteiger partial charge in [-0.1, -0.05) is 0 Å². The smallest absolute Gasteiger partial charge is 0.398 e. The number of sulfonamides is 1. The zero-order valence-corrected chi connectivity index (χ0v) is 11.0. The quantitative estimate of drug-likeness (QED) is 0.267. The molecule has 0 atom stereocenters. The number of anilines is 1. The SMILES string of the molecule is NC(=O)c1ccc(N)c(S(N)(=O)=O)c1.O=P(O)(O)O. The number of nitrogens with two attached hydrogens (primary N) is 3. The number of amides is 1. The molecule has 10 nitrogen and oxygen atoms in total. The van der Waals surface area contributed by atoms with Gasteiger partial charge in [-0.05, 0) is 18.2 Å². The molecule has 0 radical (unpaired) electrons. The minimum atomic E-state index is -4.64. The highest BCUT2D eigenvalue weighted by molar-refractivity contribution is 7.89. The minimum Gasteiger partial charge on any atom is -0.398 e. The van der Waals surface area contributed by atoms with E-state index in [1.165, 1.54) is 12.1 Å². The maximum Gasteiger partial charge on any atom is 0.466 e. The number of carbonyl (C=O) groups is 1. The Morgan fingerprint density at radius 3 is 1.95 bits per heavy atom. The van der Waals surface area contributed by atoms with E-state index in [0.29, 0.717) is 0 Å². The van der Waals surface area contributed by atoms with Crippen LogP contribution >= 0.6 is 7.82 Å². The molecule has 0 aromatic heterocycles. The maximum absolute atomic E-state index is 11.0. The highest BCUT2D eigenvalue weighted by Crippen LogP contribution is 2.25. The van der Waals surface area contributed by atoms with Crippen molar-refractivity contribution in [3.8, 4) is 0 Å². The van der Waals surface area contributed by atoms with Gasteiger partial charge in [-0.2, -0.15) is 0 Å². The molecule has 0 aliphatic carbocycles. The molecule has 0 unspecified atom stereocenters. The molecule has 108 valence electrons. The van der Waals surface area contributed by atoms with Gasteiger partial charge in [-0.15, -0.1) is 0 Å². The fraction of sp³-hybridized carbons (Fsp3) is 0. The second kappa shape index (κ2) is 6.10. The monoisotopic (exact) mass is 313 g/mol. The number of primary sulfonamides is 1. The van der Waals surface area contributed by atoms with E-state index in [-0.39, 0.29) is 16.1 Å². The molecule has 1 aromatic rings. The summed E-state index contributed by atoms with van der Waals surface area (Å²) in [6, 6.07) is 3.64. The summed E-state index contributed by atoms with van der Waals surface area (Å²) >= 11 is 0. The number of benzene rings is 1. The molecule has 0 saturated carbocycles. The maximum atomic E-state index is 11.0. The average molecular weight is 313 g/mol. The van der Waals surface area contributed by atoms with Gasteiger partial charge in [-0.25, -0.2) is 18.1 Å². The van der Waals surface area contributed by atoms with Crippen LogP contribution in [0.2, 0.25) is 0 Å². The summed E-state index contributed by atoms with van der Waals surface area (Å²) in [6.07, 6.45) is 0. The number of rotatable bonds is 2. The second-order valence-corrected chi connectivity index (χ2v) is 5.73. The first-order valence-corrected chi connectivity index (χ1v) is 7.44. The van der Waals surface area contributed by atoms with Crippen LogP contribution in [0, 0.1) is 0 Å². The van der Waals surface area contributed by atoms with Gasteiger partial charge in [0.05, 0.1) is 5.69 Å². The molecular weight excluding hydrogens is 301 g/mol. The first-order chi connectivity index (χ1) is 8.32. The first-order valence-electron chi connectivity index (χ1n) is 4.33. The molecule has 0 bridgehead atoms. The van der Waals surface area contributed by atoms with Crippen LogP contribution in [0.25, 0.3) is 0 Å². The Morgan fingerprint density at radius 1 is 1.21 bits per heavy atom. The lowest BCUT2D eigenvalue weighted by atomic mass is 10.2. The van der Waals surface area contributed by atoms with E-state index in [9.17, 15) is 13.2 Å².